The quantitative estimate of drug-likeness (QED) is 0.860. The van der Waals surface area contributed by atoms with Crippen LogP contribution in [0.15, 0.2) is 24.3 Å². The second kappa shape index (κ2) is 4.75. The summed E-state index contributed by atoms with van der Waals surface area (Å²) in [5.41, 5.74) is 2.12. The number of fused-ring (bicyclic) bond motifs is 2. The number of hydrogen-bond donors (Lipinski definition) is 1. The summed E-state index contributed by atoms with van der Waals surface area (Å²) in [4.78, 5) is 12.0. The molecule has 0 radical (unpaired) electrons. The molecule has 2 bridgehead atoms. The lowest BCUT2D eigenvalue weighted by atomic mass is 9.86. The maximum Gasteiger partial charge on any atom is 0.224 e. The fraction of sp³-hybridized carbons (Fsp3) is 0.562. The normalized spacial score (nSPS) is 29.5. The van der Waals surface area contributed by atoms with E-state index in [1.807, 2.05) is 31.2 Å². The molecule has 0 spiro atoms. The summed E-state index contributed by atoms with van der Waals surface area (Å²) < 4.78 is 0. The first-order valence-electron chi connectivity index (χ1n) is 7.07. The monoisotopic (exact) mass is 243 g/mol. The molecule has 2 fully saturated rings. The van der Waals surface area contributed by atoms with Crippen LogP contribution in [0.25, 0.3) is 0 Å². The third-order valence-electron chi connectivity index (χ3n) is 4.63. The van der Waals surface area contributed by atoms with Crippen molar-refractivity contribution in [3.63, 3.8) is 0 Å². The van der Waals surface area contributed by atoms with Crippen molar-refractivity contribution < 1.29 is 4.79 Å². The minimum atomic E-state index is 0.193. The Bertz CT molecular complexity index is 454. The van der Waals surface area contributed by atoms with E-state index in [1.54, 1.807) is 0 Å². The summed E-state index contributed by atoms with van der Waals surface area (Å²) >= 11 is 0. The van der Waals surface area contributed by atoms with E-state index >= 15 is 0 Å². The van der Waals surface area contributed by atoms with Crippen molar-refractivity contribution in [3.8, 4) is 0 Å². The van der Waals surface area contributed by atoms with Gasteiger partial charge in [0.1, 0.15) is 0 Å². The molecule has 0 saturated heterocycles. The Hall–Kier alpha value is -1.31. The first-order valence-corrected chi connectivity index (χ1v) is 7.07. The highest BCUT2D eigenvalue weighted by Crippen LogP contribution is 2.49. The third kappa shape index (κ3) is 2.43. The molecule has 2 aliphatic rings. The first kappa shape index (κ1) is 11.8. The number of rotatable bonds is 3. The van der Waals surface area contributed by atoms with Gasteiger partial charge in [-0.3, -0.25) is 4.79 Å². The molecule has 2 heteroatoms. The van der Waals surface area contributed by atoms with E-state index in [0.717, 1.165) is 23.9 Å². The average Bonchev–Trinajstić information content (AvgIpc) is 2.90. The fourth-order valence-corrected chi connectivity index (χ4v) is 3.80. The zero-order valence-corrected chi connectivity index (χ0v) is 11.0. The van der Waals surface area contributed by atoms with E-state index < -0.39 is 0 Å². The summed E-state index contributed by atoms with van der Waals surface area (Å²) in [6.45, 7) is 2.05. The second-order valence-corrected chi connectivity index (χ2v) is 6.06. The highest BCUT2D eigenvalue weighted by Gasteiger charge is 2.40. The molecule has 0 heterocycles. The van der Waals surface area contributed by atoms with Crippen LogP contribution in [0.2, 0.25) is 0 Å². The van der Waals surface area contributed by atoms with Gasteiger partial charge in [-0.15, -0.1) is 0 Å². The van der Waals surface area contributed by atoms with Gasteiger partial charge in [0.05, 0.1) is 0 Å². The molecule has 1 aromatic carbocycles. The number of carbonyl (C=O) groups excluding carboxylic acids is 1. The Morgan fingerprint density at radius 3 is 2.89 bits per heavy atom. The topological polar surface area (TPSA) is 29.1 Å². The Balaban J connectivity index is 1.56. The van der Waals surface area contributed by atoms with Crippen molar-refractivity contribution >= 4 is 11.6 Å². The molecular weight excluding hydrogens is 222 g/mol. The van der Waals surface area contributed by atoms with Crippen LogP contribution in [-0.4, -0.2) is 5.91 Å². The second-order valence-electron chi connectivity index (χ2n) is 6.06. The molecule has 0 aromatic heterocycles. The van der Waals surface area contributed by atoms with Crippen molar-refractivity contribution in [1.29, 1.82) is 0 Å². The van der Waals surface area contributed by atoms with Gasteiger partial charge in [-0.25, -0.2) is 0 Å². The molecule has 0 aliphatic heterocycles. The minimum absolute atomic E-state index is 0.193. The molecule has 3 atom stereocenters. The molecule has 18 heavy (non-hydrogen) atoms. The van der Waals surface area contributed by atoms with Crippen molar-refractivity contribution in [3.05, 3.63) is 29.8 Å². The number of hydrogen-bond acceptors (Lipinski definition) is 1. The first-order chi connectivity index (χ1) is 8.70. The average molecular weight is 243 g/mol. The van der Waals surface area contributed by atoms with E-state index in [9.17, 15) is 4.79 Å². The van der Waals surface area contributed by atoms with Crippen LogP contribution in [0.5, 0.6) is 0 Å². The summed E-state index contributed by atoms with van der Waals surface area (Å²) in [5, 5.41) is 3.03. The van der Waals surface area contributed by atoms with Gasteiger partial charge in [0.2, 0.25) is 5.91 Å². The van der Waals surface area contributed by atoms with E-state index in [0.29, 0.717) is 5.92 Å². The number of amides is 1. The van der Waals surface area contributed by atoms with Crippen molar-refractivity contribution in [1.82, 2.24) is 0 Å². The molecule has 2 nitrogen and oxygen atoms in total. The van der Waals surface area contributed by atoms with E-state index in [-0.39, 0.29) is 5.91 Å². The van der Waals surface area contributed by atoms with Gasteiger partial charge in [-0.2, -0.15) is 0 Å². The summed E-state index contributed by atoms with van der Waals surface area (Å²) in [5.74, 6) is 2.59. The van der Waals surface area contributed by atoms with Crippen molar-refractivity contribution in [2.75, 3.05) is 5.32 Å². The molecular formula is C16H21NO. The smallest absolute Gasteiger partial charge is 0.224 e. The summed E-state index contributed by atoms with van der Waals surface area (Å²) in [6.07, 6.45) is 6.14. The third-order valence-corrected chi connectivity index (χ3v) is 4.63. The minimum Gasteiger partial charge on any atom is -0.326 e. The Morgan fingerprint density at radius 2 is 2.22 bits per heavy atom. The lowest BCUT2D eigenvalue weighted by Crippen LogP contribution is -2.20. The van der Waals surface area contributed by atoms with Crippen LogP contribution < -0.4 is 5.32 Å². The summed E-state index contributed by atoms with van der Waals surface area (Å²) in [7, 11) is 0. The maximum atomic E-state index is 12.0. The van der Waals surface area contributed by atoms with Gasteiger partial charge >= 0.3 is 0 Å². The predicted molar refractivity (Wildman–Crippen MR) is 73.4 cm³/mol. The summed E-state index contributed by atoms with van der Waals surface area (Å²) in [6, 6.07) is 8.03. The zero-order valence-electron chi connectivity index (χ0n) is 11.0. The number of anilines is 1. The van der Waals surface area contributed by atoms with Gasteiger partial charge in [0.15, 0.2) is 0 Å². The highest BCUT2D eigenvalue weighted by molar-refractivity contribution is 5.90. The van der Waals surface area contributed by atoms with E-state index in [1.165, 1.54) is 31.2 Å². The van der Waals surface area contributed by atoms with E-state index in [4.69, 9.17) is 0 Å². The van der Waals surface area contributed by atoms with Gasteiger partial charge in [0.25, 0.3) is 0 Å². The largest absolute Gasteiger partial charge is 0.326 e. The standard InChI is InChI=1S/C16H21NO/c1-11-3-2-4-15(7-11)17-16(18)10-14-9-12-5-6-13(14)8-12/h2-4,7,12-14H,5-6,8-10H2,1H3,(H,17,18)/t12-,13-,14+/m0/s1. The molecule has 2 aliphatic carbocycles. The van der Waals surface area contributed by atoms with Crippen LogP contribution in [-0.2, 0) is 4.79 Å². The molecule has 1 aromatic rings. The van der Waals surface area contributed by atoms with Crippen molar-refractivity contribution in [2.45, 2.75) is 39.0 Å². The lowest BCUT2D eigenvalue weighted by molar-refractivity contribution is -0.117. The molecule has 1 N–H and O–H groups in total. The Morgan fingerprint density at radius 1 is 1.33 bits per heavy atom. The van der Waals surface area contributed by atoms with Crippen LogP contribution in [0.1, 0.15) is 37.7 Å². The van der Waals surface area contributed by atoms with Crippen LogP contribution in [0.3, 0.4) is 0 Å². The van der Waals surface area contributed by atoms with Gasteiger partial charge < -0.3 is 5.32 Å². The fourth-order valence-electron chi connectivity index (χ4n) is 3.80. The lowest BCUT2D eigenvalue weighted by Gasteiger charge is -2.20. The SMILES string of the molecule is Cc1cccc(NC(=O)C[C@H]2C[C@H]3CC[C@H]2C3)c1. The van der Waals surface area contributed by atoms with Gasteiger partial charge in [-0.05, 0) is 61.6 Å². The number of carbonyl (C=O) groups is 1. The molecule has 3 rings (SSSR count). The zero-order chi connectivity index (χ0) is 12.5. The number of nitrogens with one attached hydrogen (secondary N) is 1. The van der Waals surface area contributed by atoms with Gasteiger partial charge in [-0.1, -0.05) is 18.6 Å². The van der Waals surface area contributed by atoms with Crippen LogP contribution in [0.4, 0.5) is 5.69 Å². The number of benzene rings is 1. The number of aryl methyl sites for hydroxylation is 1. The molecule has 2 saturated carbocycles. The molecule has 96 valence electrons. The highest BCUT2D eigenvalue weighted by atomic mass is 16.1. The molecule has 0 unspecified atom stereocenters. The molecule has 1 amide bonds. The Kier molecular flexibility index (Phi) is 3.11. The van der Waals surface area contributed by atoms with Crippen molar-refractivity contribution in [2.24, 2.45) is 17.8 Å². The Labute approximate surface area is 109 Å². The van der Waals surface area contributed by atoms with Gasteiger partial charge in [0, 0.05) is 12.1 Å². The van der Waals surface area contributed by atoms with Crippen LogP contribution >= 0.6 is 0 Å². The maximum absolute atomic E-state index is 12.0. The predicted octanol–water partition coefficient (Wildman–Crippen LogP) is 3.76. The van der Waals surface area contributed by atoms with Crippen LogP contribution in [0, 0.1) is 24.7 Å². The van der Waals surface area contributed by atoms with E-state index in [2.05, 4.69) is 5.32 Å².